The Hall–Kier alpha value is -1.39. The molecule has 20 heavy (non-hydrogen) atoms. The number of imidazole rings is 1. The van der Waals surface area contributed by atoms with Crippen LogP contribution in [0.25, 0.3) is 11.0 Å². The van der Waals surface area contributed by atoms with Crippen LogP contribution in [0.1, 0.15) is 38.4 Å². The number of aliphatic hydroxyl groups is 2. The normalized spacial score (nSPS) is 27.1. The molecule has 4 heteroatoms. The number of aliphatic hydroxyl groups excluding tert-OH is 1. The molecule has 0 bridgehead atoms. The molecule has 0 aliphatic heterocycles. The average molecular weight is 274 g/mol. The Morgan fingerprint density at radius 1 is 1.30 bits per heavy atom. The molecular formula is C16H22N2O2. The summed E-state index contributed by atoms with van der Waals surface area (Å²) in [5.74, 6) is 1.34. The van der Waals surface area contributed by atoms with Crippen molar-refractivity contribution in [1.29, 1.82) is 0 Å². The highest BCUT2D eigenvalue weighted by atomic mass is 16.3. The van der Waals surface area contributed by atoms with Gasteiger partial charge in [-0.25, -0.2) is 4.98 Å². The van der Waals surface area contributed by atoms with Crippen molar-refractivity contribution in [1.82, 2.24) is 9.55 Å². The Balaban J connectivity index is 1.93. The topological polar surface area (TPSA) is 58.3 Å². The van der Waals surface area contributed by atoms with Gasteiger partial charge in [-0.15, -0.1) is 0 Å². The van der Waals surface area contributed by atoms with Gasteiger partial charge in [0, 0.05) is 0 Å². The van der Waals surface area contributed by atoms with Crippen LogP contribution >= 0.6 is 0 Å². The SMILES string of the molecule is CC1CCC(O)(Cn2c(CO)nc3ccccc32)CC1. The highest BCUT2D eigenvalue weighted by molar-refractivity contribution is 5.75. The summed E-state index contributed by atoms with van der Waals surface area (Å²) in [6.45, 7) is 2.67. The summed E-state index contributed by atoms with van der Waals surface area (Å²) in [4.78, 5) is 4.44. The van der Waals surface area contributed by atoms with Gasteiger partial charge in [-0.1, -0.05) is 19.1 Å². The monoisotopic (exact) mass is 274 g/mol. The lowest BCUT2D eigenvalue weighted by Gasteiger charge is -2.35. The van der Waals surface area contributed by atoms with Crippen LogP contribution in [0.3, 0.4) is 0 Å². The first-order valence-corrected chi connectivity index (χ1v) is 7.39. The van der Waals surface area contributed by atoms with Gasteiger partial charge in [0.15, 0.2) is 0 Å². The predicted octanol–water partition coefficient (Wildman–Crippen LogP) is 2.47. The van der Waals surface area contributed by atoms with E-state index in [9.17, 15) is 10.2 Å². The maximum Gasteiger partial charge on any atom is 0.135 e. The van der Waals surface area contributed by atoms with Crippen LogP contribution in [0.5, 0.6) is 0 Å². The number of nitrogens with zero attached hydrogens (tertiary/aromatic N) is 2. The number of hydrogen-bond donors (Lipinski definition) is 2. The molecule has 0 saturated heterocycles. The van der Waals surface area contributed by atoms with E-state index >= 15 is 0 Å². The average Bonchev–Trinajstić information content (AvgIpc) is 2.80. The summed E-state index contributed by atoms with van der Waals surface area (Å²) in [5, 5.41) is 20.3. The molecule has 0 amide bonds. The lowest BCUT2D eigenvalue weighted by atomic mass is 9.79. The molecule has 1 saturated carbocycles. The first-order valence-electron chi connectivity index (χ1n) is 7.39. The van der Waals surface area contributed by atoms with E-state index in [1.54, 1.807) is 0 Å². The first kappa shape index (κ1) is 13.6. The van der Waals surface area contributed by atoms with Gasteiger partial charge in [0.1, 0.15) is 12.4 Å². The smallest absolute Gasteiger partial charge is 0.135 e. The number of hydrogen-bond acceptors (Lipinski definition) is 3. The largest absolute Gasteiger partial charge is 0.388 e. The highest BCUT2D eigenvalue weighted by Gasteiger charge is 2.33. The fourth-order valence-corrected chi connectivity index (χ4v) is 3.17. The zero-order valence-electron chi connectivity index (χ0n) is 11.9. The van der Waals surface area contributed by atoms with Crippen LogP contribution < -0.4 is 0 Å². The van der Waals surface area contributed by atoms with Crippen molar-refractivity contribution < 1.29 is 10.2 Å². The summed E-state index contributed by atoms with van der Waals surface area (Å²) >= 11 is 0. The molecule has 108 valence electrons. The maximum absolute atomic E-state index is 10.8. The molecule has 0 unspecified atom stereocenters. The molecule has 3 rings (SSSR count). The molecule has 0 radical (unpaired) electrons. The van der Waals surface area contributed by atoms with E-state index in [1.165, 1.54) is 0 Å². The second kappa shape index (κ2) is 5.19. The van der Waals surface area contributed by atoms with Gasteiger partial charge in [-0.3, -0.25) is 0 Å². The molecular weight excluding hydrogens is 252 g/mol. The molecule has 2 aromatic rings. The zero-order valence-corrected chi connectivity index (χ0v) is 11.9. The molecule has 1 aromatic heterocycles. The standard InChI is InChI=1S/C16H22N2O2/c1-12-6-8-16(20,9-7-12)11-18-14-5-3-2-4-13(14)17-15(18)10-19/h2-5,12,19-20H,6-11H2,1H3. The Morgan fingerprint density at radius 3 is 2.70 bits per heavy atom. The Kier molecular flexibility index (Phi) is 3.52. The van der Waals surface area contributed by atoms with E-state index in [2.05, 4.69) is 11.9 Å². The van der Waals surface area contributed by atoms with Crippen LogP contribution in [-0.4, -0.2) is 25.4 Å². The Labute approximate surface area is 119 Å². The number of fused-ring (bicyclic) bond motifs is 1. The molecule has 1 heterocycles. The quantitative estimate of drug-likeness (QED) is 0.904. The minimum Gasteiger partial charge on any atom is -0.388 e. The van der Waals surface area contributed by atoms with Crippen molar-refractivity contribution in [3.63, 3.8) is 0 Å². The van der Waals surface area contributed by atoms with E-state index in [4.69, 9.17) is 0 Å². The zero-order chi connectivity index (χ0) is 14.2. The van der Waals surface area contributed by atoms with Crippen molar-refractivity contribution >= 4 is 11.0 Å². The van der Waals surface area contributed by atoms with Crippen molar-refractivity contribution in [2.45, 2.75) is 51.4 Å². The van der Waals surface area contributed by atoms with Crippen LogP contribution in [-0.2, 0) is 13.2 Å². The van der Waals surface area contributed by atoms with E-state index in [0.717, 1.165) is 36.7 Å². The van der Waals surface area contributed by atoms with Gasteiger partial charge in [-0.05, 0) is 43.7 Å². The third-order valence-corrected chi connectivity index (χ3v) is 4.53. The summed E-state index contributed by atoms with van der Waals surface area (Å²) in [6.07, 6.45) is 3.78. The fourth-order valence-electron chi connectivity index (χ4n) is 3.17. The highest BCUT2D eigenvalue weighted by Crippen LogP contribution is 2.34. The first-order chi connectivity index (χ1) is 9.61. The van der Waals surface area contributed by atoms with Crippen molar-refractivity contribution in [2.75, 3.05) is 0 Å². The lowest BCUT2D eigenvalue weighted by molar-refractivity contribution is -0.0220. The van der Waals surface area contributed by atoms with Gasteiger partial charge in [0.2, 0.25) is 0 Å². The number of rotatable bonds is 3. The van der Waals surface area contributed by atoms with Gasteiger partial charge in [0.25, 0.3) is 0 Å². The van der Waals surface area contributed by atoms with Crippen LogP contribution in [0, 0.1) is 5.92 Å². The molecule has 0 spiro atoms. The van der Waals surface area contributed by atoms with Crippen LogP contribution in [0.15, 0.2) is 24.3 Å². The molecule has 1 aromatic carbocycles. The van der Waals surface area contributed by atoms with E-state index < -0.39 is 5.60 Å². The van der Waals surface area contributed by atoms with Crippen LogP contribution in [0.2, 0.25) is 0 Å². The van der Waals surface area contributed by atoms with Crippen molar-refractivity contribution in [3.8, 4) is 0 Å². The number of benzene rings is 1. The Morgan fingerprint density at radius 2 is 2.00 bits per heavy atom. The second-order valence-corrected chi connectivity index (χ2v) is 6.17. The van der Waals surface area contributed by atoms with Crippen molar-refractivity contribution in [3.05, 3.63) is 30.1 Å². The van der Waals surface area contributed by atoms with Gasteiger partial charge in [-0.2, -0.15) is 0 Å². The van der Waals surface area contributed by atoms with E-state index in [0.29, 0.717) is 18.3 Å². The third kappa shape index (κ3) is 2.45. The fraction of sp³-hybridized carbons (Fsp3) is 0.562. The molecule has 4 nitrogen and oxygen atoms in total. The molecule has 1 aliphatic rings. The molecule has 0 atom stereocenters. The number of para-hydroxylation sites is 2. The van der Waals surface area contributed by atoms with Gasteiger partial charge < -0.3 is 14.8 Å². The summed E-state index contributed by atoms with van der Waals surface area (Å²) < 4.78 is 1.98. The van der Waals surface area contributed by atoms with Gasteiger partial charge >= 0.3 is 0 Å². The third-order valence-electron chi connectivity index (χ3n) is 4.53. The van der Waals surface area contributed by atoms with Crippen LogP contribution in [0.4, 0.5) is 0 Å². The van der Waals surface area contributed by atoms with Gasteiger partial charge in [0.05, 0.1) is 23.2 Å². The summed E-state index contributed by atoms with van der Waals surface area (Å²) in [6, 6.07) is 7.85. The Bertz CT molecular complexity index is 598. The molecule has 2 N–H and O–H groups in total. The minimum atomic E-state index is -0.667. The molecule has 1 fully saturated rings. The van der Waals surface area contributed by atoms with Crippen molar-refractivity contribution in [2.24, 2.45) is 5.92 Å². The number of aromatic nitrogens is 2. The lowest BCUT2D eigenvalue weighted by Crippen LogP contribution is -2.38. The minimum absolute atomic E-state index is 0.0961. The summed E-state index contributed by atoms with van der Waals surface area (Å²) in [5.41, 5.74) is 1.20. The molecule has 1 aliphatic carbocycles. The maximum atomic E-state index is 10.8. The summed E-state index contributed by atoms with van der Waals surface area (Å²) in [7, 11) is 0. The van der Waals surface area contributed by atoms with E-state index in [1.807, 2.05) is 28.8 Å². The predicted molar refractivity (Wildman–Crippen MR) is 78.2 cm³/mol. The van der Waals surface area contributed by atoms with E-state index in [-0.39, 0.29) is 6.61 Å². The second-order valence-electron chi connectivity index (χ2n) is 6.17.